The van der Waals surface area contributed by atoms with E-state index in [0.29, 0.717) is 0 Å². The molecule has 2 aliphatic heterocycles. The number of para-hydroxylation sites is 2. The molecule has 18 aromatic rings. The van der Waals surface area contributed by atoms with E-state index in [9.17, 15) is 0 Å². The molecule has 2 aromatic heterocycles. The monoisotopic (exact) mass is 1410 g/mol. The number of hydrogen-bond donors (Lipinski definition) is 1. The van der Waals surface area contributed by atoms with Gasteiger partial charge < -0.3 is 10.2 Å². The van der Waals surface area contributed by atoms with Gasteiger partial charge in [-0.1, -0.05) is 307 Å². The highest BCUT2D eigenvalue weighted by atomic mass is 79.9. The highest BCUT2D eigenvalue weighted by molar-refractivity contribution is 9.10. The molecule has 0 amide bonds. The first kappa shape index (κ1) is 58.8. The zero-order valence-electron chi connectivity index (χ0n) is 55.6. The van der Waals surface area contributed by atoms with E-state index in [1.807, 2.05) is 22.7 Å². The Morgan fingerprint density at radius 1 is 0.252 bits per heavy atom. The number of nitrogens with zero attached hydrogens (tertiary/aromatic N) is 1. The molecule has 0 unspecified atom stereocenters. The van der Waals surface area contributed by atoms with Crippen molar-refractivity contribution in [3.63, 3.8) is 0 Å². The van der Waals surface area contributed by atoms with E-state index in [0.717, 1.165) is 10.2 Å². The van der Waals surface area contributed by atoms with Gasteiger partial charge in [-0.25, -0.2) is 0 Å². The van der Waals surface area contributed by atoms with E-state index in [4.69, 9.17) is 0 Å². The lowest BCUT2D eigenvalue weighted by molar-refractivity contribution is 0.794. The van der Waals surface area contributed by atoms with Gasteiger partial charge in [0.1, 0.15) is 0 Å². The molecule has 0 saturated carbocycles. The summed E-state index contributed by atoms with van der Waals surface area (Å²) in [7, 11) is 0. The van der Waals surface area contributed by atoms with Crippen molar-refractivity contribution in [2.45, 2.75) is 10.8 Å². The van der Waals surface area contributed by atoms with Crippen LogP contribution in [0.2, 0.25) is 0 Å². The third-order valence-electron chi connectivity index (χ3n) is 22.8. The maximum atomic E-state index is 3.78. The summed E-state index contributed by atoms with van der Waals surface area (Å²) in [5, 5.41) is 9.15. The van der Waals surface area contributed by atoms with Gasteiger partial charge in [-0.3, -0.25) is 0 Å². The summed E-state index contributed by atoms with van der Waals surface area (Å²) >= 11 is 7.26. The van der Waals surface area contributed by atoms with Crippen molar-refractivity contribution in [2.24, 2.45) is 0 Å². The standard InChI is InChI=1S/C49H29NS.C31H19N.C18H11BrS.H2/c1-5-19-39-33(12-1)34-13-2-6-20-40(34)49(39)41-21-10-17-37-35-14-3-7-23-43(35)50(44-24-11-22-42(49)47(44)46(37)41)31-28-26-30(27-29-31)32-16-9-18-38-36-15-4-8-25-45(36)51-48(32)38;1-4-13-23-19(9-1)20-10-2-5-14-24(20)31(23)25-15-7-12-22-21-11-3-6-17-27(21)32-28-18-8-16-26(31)30(28)29(22)25;19-13-10-8-12(9-11-13)14-5-3-6-16-15-4-1-2-7-17(15)20-18(14)16;/h1-29H;1-18,32H;1-11H;1H/i;;;1+1. The van der Waals surface area contributed by atoms with Crippen LogP contribution in [0.5, 0.6) is 0 Å². The van der Waals surface area contributed by atoms with Crippen molar-refractivity contribution in [1.82, 2.24) is 0 Å². The van der Waals surface area contributed by atoms with Crippen LogP contribution >= 0.6 is 38.6 Å². The molecular formula is C98H61BrN2S2. The number of benzene rings is 16. The third-order valence-corrected chi connectivity index (χ3v) is 25.8. The van der Waals surface area contributed by atoms with E-state index < -0.39 is 0 Å². The smallest absolute Gasteiger partial charge is 0.0726 e. The predicted octanol–water partition coefficient (Wildman–Crippen LogP) is 28.0. The number of fused-ring (bicyclic) bond motifs is 24. The van der Waals surface area contributed by atoms with Gasteiger partial charge in [0, 0.05) is 85.6 Å². The van der Waals surface area contributed by atoms with Crippen LogP contribution in [-0.4, -0.2) is 0 Å². The first-order valence-corrected chi connectivity index (χ1v) is 37.8. The van der Waals surface area contributed by atoms with Gasteiger partial charge >= 0.3 is 0 Å². The zero-order valence-corrected chi connectivity index (χ0v) is 58.8. The second kappa shape index (κ2) is 22.5. The SMILES string of the molecule is Brc1ccc(-c2cccc3c2sc2ccccc23)cc1.[2HH].c1ccc2c(c1)-c1cccc3c1-c1c(cccc1C31c3ccccc3-c3ccccc31)N2c1ccc(-c2cccc3c2sc2ccccc23)cc1.c1ccc2c(c1)Nc1cccc3c1-c1c-2cccc1C31c2ccccc2-c2ccccc21. The molecule has 1 N–H and O–H groups in total. The van der Waals surface area contributed by atoms with Gasteiger partial charge in [-0.2, -0.15) is 0 Å². The Labute approximate surface area is 615 Å². The summed E-state index contributed by atoms with van der Waals surface area (Å²) < 4.78 is 6.52. The first-order chi connectivity index (χ1) is 51.0. The molecule has 0 fully saturated rings. The van der Waals surface area contributed by atoms with Crippen LogP contribution in [0.1, 0.15) is 45.9 Å². The molecule has 5 heteroatoms. The van der Waals surface area contributed by atoms with E-state index in [1.54, 1.807) is 0 Å². The molecule has 4 aliphatic carbocycles. The lowest BCUT2D eigenvalue weighted by Gasteiger charge is -2.32. The van der Waals surface area contributed by atoms with E-state index >= 15 is 0 Å². The molecule has 24 rings (SSSR count). The van der Waals surface area contributed by atoms with Crippen LogP contribution in [0.15, 0.2) is 356 Å². The first-order valence-electron chi connectivity index (χ1n) is 35.4. The summed E-state index contributed by atoms with van der Waals surface area (Å²) in [5.41, 5.74) is 37.4. The molecule has 4 heterocycles. The molecule has 0 atom stereocenters. The van der Waals surface area contributed by atoms with Gasteiger partial charge in [0.25, 0.3) is 0 Å². The minimum atomic E-state index is -0.380. The van der Waals surface area contributed by atoms with Crippen molar-refractivity contribution in [3.05, 3.63) is 401 Å². The fourth-order valence-corrected chi connectivity index (χ4v) is 21.6. The Morgan fingerprint density at radius 3 is 1.16 bits per heavy atom. The molecular weight excluding hydrogens is 1350 g/mol. The minimum absolute atomic E-state index is 0. The molecule has 482 valence electrons. The molecule has 2 spiro atoms. The Bertz CT molecular complexity index is 6550. The van der Waals surface area contributed by atoms with E-state index in [2.05, 4.69) is 378 Å². The number of hydrogen-bond acceptors (Lipinski definition) is 4. The topological polar surface area (TPSA) is 15.3 Å². The Morgan fingerprint density at radius 2 is 0.602 bits per heavy atom. The lowest BCUT2D eigenvalue weighted by atomic mass is 9.70. The Hall–Kier alpha value is -12.0. The van der Waals surface area contributed by atoms with Gasteiger partial charge in [-0.15, -0.1) is 22.7 Å². The summed E-state index contributed by atoms with van der Waals surface area (Å²) in [6.07, 6.45) is 0. The van der Waals surface area contributed by atoms with Crippen molar-refractivity contribution >= 4 is 107 Å². The Kier molecular flexibility index (Phi) is 12.9. The van der Waals surface area contributed by atoms with Gasteiger partial charge in [-0.05, 0) is 172 Å². The fourth-order valence-electron chi connectivity index (χ4n) is 18.8. The fraction of sp³-hybridized carbons (Fsp3) is 0.0204. The second-order valence-electron chi connectivity index (χ2n) is 27.7. The summed E-state index contributed by atoms with van der Waals surface area (Å²) in [6, 6.07) is 130. The highest BCUT2D eigenvalue weighted by Crippen LogP contribution is 2.69. The zero-order chi connectivity index (χ0) is 67.7. The third kappa shape index (κ3) is 8.18. The number of nitrogens with one attached hydrogen (secondary N) is 1. The van der Waals surface area contributed by atoms with E-state index in [-0.39, 0.29) is 12.3 Å². The summed E-state index contributed by atoms with van der Waals surface area (Å²) in [6.45, 7) is 0. The highest BCUT2D eigenvalue weighted by Gasteiger charge is 2.55. The lowest BCUT2D eigenvalue weighted by Crippen LogP contribution is -2.26. The van der Waals surface area contributed by atoms with Crippen molar-refractivity contribution in [1.29, 1.82) is 0 Å². The van der Waals surface area contributed by atoms with Crippen LogP contribution in [0.3, 0.4) is 0 Å². The summed E-state index contributed by atoms with van der Waals surface area (Å²) in [5.74, 6) is 0. The Balaban J connectivity index is 0.000000112. The van der Waals surface area contributed by atoms with Crippen molar-refractivity contribution in [3.8, 4) is 89.0 Å². The number of rotatable bonds is 3. The number of thiophene rings is 2. The number of anilines is 5. The molecule has 103 heavy (non-hydrogen) atoms. The maximum absolute atomic E-state index is 3.78. The largest absolute Gasteiger partial charge is 0.355 e. The molecule has 6 aliphatic rings. The van der Waals surface area contributed by atoms with Crippen LogP contribution in [0, 0.1) is 0 Å². The summed E-state index contributed by atoms with van der Waals surface area (Å²) in [4.78, 5) is 2.51. The molecule has 0 bridgehead atoms. The van der Waals surface area contributed by atoms with Gasteiger partial charge in [0.2, 0.25) is 0 Å². The molecule has 0 radical (unpaired) electrons. The predicted molar refractivity (Wildman–Crippen MR) is 441 cm³/mol. The average molecular weight is 1410 g/mol. The van der Waals surface area contributed by atoms with Crippen LogP contribution in [0.4, 0.5) is 28.4 Å². The molecule has 16 aromatic carbocycles. The quantitative estimate of drug-likeness (QED) is 0.190. The van der Waals surface area contributed by atoms with Gasteiger partial charge in [0.05, 0.1) is 22.2 Å². The average Bonchev–Trinajstić information content (AvgIpc) is 1.50. The van der Waals surface area contributed by atoms with Crippen LogP contribution < -0.4 is 10.2 Å². The second-order valence-corrected chi connectivity index (χ2v) is 30.7. The number of halogens is 1. The van der Waals surface area contributed by atoms with Crippen molar-refractivity contribution in [2.75, 3.05) is 10.2 Å². The minimum Gasteiger partial charge on any atom is -0.355 e. The normalized spacial score (nSPS) is 13.7. The molecule has 2 nitrogen and oxygen atoms in total. The van der Waals surface area contributed by atoms with Crippen LogP contribution in [0.25, 0.3) is 129 Å². The molecule has 0 saturated heterocycles. The van der Waals surface area contributed by atoms with E-state index in [1.165, 1.54) is 197 Å². The maximum Gasteiger partial charge on any atom is 0.0726 e. The van der Waals surface area contributed by atoms with Crippen molar-refractivity contribution < 1.29 is 1.43 Å². The van der Waals surface area contributed by atoms with Crippen LogP contribution in [-0.2, 0) is 10.8 Å². The van der Waals surface area contributed by atoms with Gasteiger partial charge in [0.15, 0.2) is 0 Å².